The molecular formula is C20H19N5O. The first-order valence-corrected chi connectivity index (χ1v) is 8.66. The number of anilines is 1. The number of aliphatic imine (C=N–C) groups is 1. The fourth-order valence-corrected chi connectivity index (χ4v) is 3.09. The topological polar surface area (TPSA) is 83.0 Å². The SMILES string of the molecule is O=c1[nH]c(NCC[C@@H]2C=Nc3ccccc32)nnc1Cc1ccccc1. The molecule has 2 heterocycles. The number of fused-ring (bicyclic) bond motifs is 1. The molecule has 0 spiro atoms. The number of aromatic nitrogens is 3. The van der Waals surface area contributed by atoms with Gasteiger partial charge in [0.15, 0.2) is 0 Å². The van der Waals surface area contributed by atoms with Gasteiger partial charge in [-0.2, -0.15) is 0 Å². The molecule has 2 N–H and O–H groups in total. The van der Waals surface area contributed by atoms with Gasteiger partial charge in [0, 0.05) is 25.1 Å². The molecule has 6 nitrogen and oxygen atoms in total. The molecule has 0 bridgehead atoms. The Bertz CT molecular complexity index is 981. The summed E-state index contributed by atoms with van der Waals surface area (Å²) in [6.07, 6.45) is 3.32. The molecule has 0 fully saturated rings. The fourth-order valence-electron chi connectivity index (χ4n) is 3.09. The standard InChI is InChI=1S/C20H19N5O/c26-19-18(12-14-6-2-1-3-7-14)24-25-20(23-19)21-11-10-15-13-22-17-9-5-4-8-16(15)17/h1-9,13,15H,10-12H2,(H2,21,23,25,26)/t15-/m1/s1. The number of aromatic amines is 1. The first-order valence-electron chi connectivity index (χ1n) is 8.66. The van der Waals surface area contributed by atoms with Gasteiger partial charge in [-0.1, -0.05) is 48.5 Å². The van der Waals surface area contributed by atoms with Gasteiger partial charge < -0.3 is 5.32 Å². The Kier molecular flexibility index (Phi) is 4.55. The van der Waals surface area contributed by atoms with Crippen molar-refractivity contribution in [3.63, 3.8) is 0 Å². The lowest BCUT2D eigenvalue weighted by molar-refractivity contribution is 0.800. The van der Waals surface area contributed by atoms with E-state index < -0.39 is 0 Å². The third kappa shape index (κ3) is 3.54. The molecule has 2 aromatic carbocycles. The van der Waals surface area contributed by atoms with E-state index in [1.165, 1.54) is 5.56 Å². The molecule has 4 rings (SSSR count). The maximum Gasteiger partial charge on any atom is 0.274 e. The van der Waals surface area contributed by atoms with Gasteiger partial charge in [0.25, 0.3) is 5.56 Å². The van der Waals surface area contributed by atoms with Crippen molar-refractivity contribution in [3.05, 3.63) is 81.8 Å². The number of H-pyrrole nitrogens is 1. The highest BCUT2D eigenvalue weighted by Crippen LogP contribution is 2.33. The summed E-state index contributed by atoms with van der Waals surface area (Å²) in [6, 6.07) is 17.9. The van der Waals surface area contributed by atoms with Gasteiger partial charge in [-0.25, -0.2) is 0 Å². The molecule has 6 heteroatoms. The van der Waals surface area contributed by atoms with Gasteiger partial charge in [-0.05, 0) is 23.6 Å². The van der Waals surface area contributed by atoms with Crippen LogP contribution in [0.4, 0.5) is 11.6 Å². The van der Waals surface area contributed by atoms with Crippen LogP contribution in [0.1, 0.15) is 29.2 Å². The van der Waals surface area contributed by atoms with E-state index in [4.69, 9.17) is 0 Å². The molecule has 0 radical (unpaired) electrons. The number of nitrogens with zero attached hydrogens (tertiary/aromatic N) is 3. The van der Waals surface area contributed by atoms with Crippen molar-refractivity contribution in [1.29, 1.82) is 0 Å². The molecule has 0 saturated carbocycles. The predicted molar refractivity (Wildman–Crippen MR) is 102 cm³/mol. The number of para-hydroxylation sites is 1. The van der Waals surface area contributed by atoms with Crippen LogP contribution in [-0.2, 0) is 6.42 Å². The summed E-state index contributed by atoms with van der Waals surface area (Å²) >= 11 is 0. The van der Waals surface area contributed by atoms with Gasteiger partial charge in [-0.3, -0.25) is 14.8 Å². The lowest BCUT2D eigenvalue weighted by Crippen LogP contribution is -2.20. The number of benzene rings is 2. The summed E-state index contributed by atoms with van der Waals surface area (Å²) in [5.41, 5.74) is 3.52. The van der Waals surface area contributed by atoms with Crippen LogP contribution in [0.3, 0.4) is 0 Å². The third-order valence-electron chi connectivity index (χ3n) is 4.46. The van der Waals surface area contributed by atoms with Crippen molar-refractivity contribution in [3.8, 4) is 0 Å². The Morgan fingerprint density at radius 1 is 1.00 bits per heavy atom. The normalized spacial score (nSPS) is 15.0. The summed E-state index contributed by atoms with van der Waals surface area (Å²) in [7, 11) is 0. The average molecular weight is 345 g/mol. The van der Waals surface area contributed by atoms with Crippen molar-refractivity contribution < 1.29 is 0 Å². The minimum absolute atomic E-state index is 0.209. The van der Waals surface area contributed by atoms with Crippen LogP contribution in [0.5, 0.6) is 0 Å². The van der Waals surface area contributed by atoms with Gasteiger partial charge >= 0.3 is 0 Å². The van der Waals surface area contributed by atoms with Crippen LogP contribution in [0.2, 0.25) is 0 Å². The van der Waals surface area contributed by atoms with Crippen LogP contribution in [0.15, 0.2) is 64.4 Å². The van der Waals surface area contributed by atoms with E-state index in [-0.39, 0.29) is 11.5 Å². The van der Waals surface area contributed by atoms with Crippen molar-refractivity contribution in [2.45, 2.75) is 18.8 Å². The van der Waals surface area contributed by atoms with Crippen LogP contribution in [0.25, 0.3) is 0 Å². The minimum Gasteiger partial charge on any atom is -0.354 e. The molecule has 1 aliphatic heterocycles. The zero-order chi connectivity index (χ0) is 17.8. The number of nitrogens with one attached hydrogen (secondary N) is 2. The van der Waals surface area contributed by atoms with E-state index in [0.29, 0.717) is 24.6 Å². The van der Waals surface area contributed by atoms with Crippen molar-refractivity contribution >= 4 is 17.9 Å². The molecule has 0 unspecified atom stereocenters. The second-order valence-electron chi connectivity index (χ2n) is 6.27. The number of rotatable bonds is 6. The largest absolute Gasteiger partial charge is 0.354 e. The molecule has 3 aromatic rings. The van der Waals surface area contributed by atoms with Crippen LogP contribution >= 0.6 is 0 Å². The minimum atomic E-state index is -0.209. The Labute approximate surface area is 151 Å². The quantitative estimate of drug-likeness (QED) is 0.719. The lowest BCUT2D eigenvalue weighted by atomic mass is 9.98. The molecule has 1 aliphatic rings. The van der Waals surface area contributed by atoms with Gasteiger partial charge in [-0.15, -0.1) is 10.2 Å². The Morgan fingerprint density at radius 3 is 2.65 bits per heavy atom. The molecule has 0 amide bonds. The highest BCUT2D eigenvalue weighted by atomic mass is 16.1. The van der Waals surface area contributed by atoms with Gasteiger partial charge in [0.2, 0.25) is 5.95 Å². The van der Waals surface area contributed by atoms with Crippen LogP contribution in [-0.4, -0.2) is 27.9 Å². The summed E-state index contributed by atoms with van der Waals surface area (Å²) in [5, 5.41) is 11.3. The smallest absolute Gasteiger partial charge is 0.274 e. The van der Waals surface area contributed by atoms with E-state index in [1.54, 1.807) is 0 Å². The van der Waals surface area contributed by atoms with Gasteiger partial charge in [0.1, 0.15) is 5.69 Å². The second kappa shape index (κ2) is 7.31. The first-order chi connectivity index (χ1) is 12.8. The number of hydrogen-bond acceptors (Lipinski definition) is 5. The Hall–Kier alpha value is -3.28. The zero-order valence-electron chi connectivity index (χ0n) is 14.2. The Balaban J connectivity index is 1.35. The zero-order valence-corrected chi connectivity index (χ0v) is 14.2. The van der Waals surface area contributed by atoms with Crippen molar-refractivity contribution in [1.82, 2.24) is 15.2 Å². The molecular weight excluding hydrogens is 326 g/mol. The predicted octanol–water partition coefficient (Wildman–Crippen LogP) is 3.06. The highest BCUT2D eigenvalue weighted by Gasteiger charge is 2.17. The highest BCUT2D eigenvalue weighted by molar-refractivity contribution is 5.80. The first kappa shape index (κ1) is 16.2. The Morgan fingerprint density at radius 2 is 1.81 bits per heavy atom. The molecule has 0 saturated heterocycles. The molecule has 0 aliphatic carbocycles. The third-order valence-corrected chi connectivity index (χ3v) is 4.46. The maximum atomic E-state index is 12.2. The average Bonchev–Trinajstić information content (AvgIpc) is 3.08. The van der Waals surface area contributed by atoms with E-state index in [0.717, 1.165) is 17.7 Å². The van der Waals surface area contributed by atoms with Gasteiger partial charge in [0.05, 0.1) is 5.69 Å². The summed E-state index contributed by atoms with van der Waals surface area (Å²) in [6.45, 7) is 0.674. The van der Waals surface area contributed by atoms with Crippen molar-refractivity contribution in [2.75, 3.05) is 11.9 Å². The molecule has 1 atom stereocenters. The summed E-state index contributed by atoms with van der Waals surface area (Å²) in [4.78, 5) is 19.4. The van der Waals surface area contributed by atoms with E-state index >= 15 is 0 Å². The molecule has 1 aromatic heterocycles. The number of hydrogen-bond donors (Lipinski definition) is 2. The maximum absolute atomic E-state index is 12.2. The van der Waals surface area contributed by atoms with E-state index in [2.05, 4.69) is 31.6 Å². The van der Waals surface area contributed by atoms with E-state index in [9.17, 15) is 4.79 Å². The summed E-state index contributed by atoms with van der Waals surface area (Å²) < 4.78 is 0. The second-order valence-corrected chi connectivity index (χ2v) is 6.27. The van der Waals surface area contributed by atoms with Crippen LogP contribution in [0, 0.1) is 0 Å². The van der Waals surface area contributed by atoms with Crippen LogP contribution < -0.4 is 10.9 Å². The summed E-state index contributed by atoms with van der Waals surface area (Å²) in [5.74, 6) is 0.686. The fraction of sp³-hybridized carbons (Fsp3) is 0.200. The molecule has 130 valence electrons. The lowest BCUT2D eigenvalue weighted by Gasteiger charge is -2.10. The monoisotopic (exact) mass is 345 g/mol. The van der Waals surface area contributed by atoms with E-state index in [1.807, 2.05) is 54.7 Å². The molecule has 26 heavy (non-hydrogen) atoms. The van der Waals surface area contributed by atoms with Crippen molar-refractivity contribution in [2.24, 2.45) is 4.99 Å².